The van der Waals surface area contributed by atoms with E-state index in [0.29, 0.717) is 12.2 Å². The lowest BCUT2D eigenvalue weighted by Gasteiger charge is -2.22. The van der Waals surface area contributed by atoms with Crippen molar-refractivity contribution in [3.63, 3.8) is 0 Å². The maximum atomic E-state index is 11.9. The standard InChI is InChI=1S/C14H18N2O4/c1-9-11(14(18)19)5-6-12(16-9)13(17)15-8-10-4-2-3-7-20-10/h5-6,10H,2-4,7-8H2,1H3,(H,15,17)(H,18,19). The van der Waals surface area contributed by atoms with Crippen LogP contribution in [-0.4, -0.2) is 41.2 Å². The van der Waals surface area contributed by atoms with Gasteiger partial charge in [-0.25, -0.2) is 9.78 Å². The Morgan fingerprint density at radius 1 is 1.45 bits per heavy atom. The number of ether oxygens (including phenoxy) is 1. The summed E-state index contributed by atoms with van der Waals surface area (Å²) in [5, 5.41) is 11.7. The summed E-state index contributed by atoms with van der Waals surface area (Å²) < 4.78 is 5.53. The number of pyridine rings is 1. The molecule has 1 saturated heterocycles. The Morgan fingerprint density at radius 3 is 2.85 bits per heavy atom. The van der Waals surface area contributed by atoms with E-state index in [1.165, 1.54) is 12.1 Å². The van der Waals surface area contributed by atoms with Gasteiger partial charge in [0.1, 0.15) is 5.69 Å². The van der Waals surface area contributed by atoms with Crippen LogP contribution in [0.2, 0.25) is 0 Å². The van der Waals surface area contributed by atoms with E-state index in [4.69, 9.17) is 9.84 Å². The molecule has 0 aliphatic carbocycles. The quantitative estimate of drug-likeness (QED) is 0.868. The Bertz CT molecular complexity index is 510. The predicted octanol–water partition coefficient (Wildman–Crippen LogP) is 1.39. The second-order valence-electron chi connectivity index (χ2n) is 4.83. The molecule has 1 aliphatic heterocycles. The first-order valence-corrected chi connectivity index (χ1v) is 6.68. The van der Waals surface area contributed by atoms with Gasteiger partial charge in [-0.1, -0.05) is 0 Å². The van der Waals surface area contributed by atoms with Gasteiger partial charge in [-0.05, 0) is 38.3 Å². The van der Waals surface area contributed by atoms with Crippen molar-refractivity contribution in [1.29, 1.82) is 0 Å². The van der Waals surface area contributed by atoms with Crippen LogP contribution in [0.15, 0.2) is 12.1 Å². The number of hydrogen-bond acceptors (Lipinski definition) is 4. The van der Waals surface area contributed by atoms with Gasteiger partial charge in [-0.15, -0.1) is 0 Å². The molecule has 1 unspecified atom stereocenters. The third kappa shape index (κ3) is 3.54. The fraction of sp³-hybridized carbons (Fsp3) is 0.500. The number of aryl methyl sites for hydroxylation is 1. The number of carbonyl (C=O) groups excluding carboxylic acids is 1. The van der Waals surface area contributed by atoms with Crippen molar-refractivity contribution in [3.05, 3.63) is 29.1 Å². The molecule has 2 heterocycles. The molecule has 0 radical (unpaired) electrons. The maximum absolute atomic E-state index is 11.9. The fourth-order valence-corrected chi connectivity index (χ4v) is 2.18. The second kappa shape index (κ2) is 6.47. The zero-order chi connectivity index (χ0) is 14.5. The van der Waals surface area contributed by atoms with Crippen LogP contribution >= 0.6 is 0 Å². The minimum absolute atomic E-state index is 0.0621. The molecule has 1 atom stereocenters. The average molecular weight is 278 g/mol. The lowest BCUT2D eigenvalue weighted by molar-refractivity contribution is 0.0168. The van der Waals surface area contributed by atoms with Gasteiger partial charge in [0.25, 0.3) is 5.91 Å². The van der Waals surface area contributed by atoms with Crippen molar-refractivity contribution in [3.8, 4) is 0 Å². The van der Waals surface area contributed by atoms with E-state index in [2.05, 4.69) is 10.3 Å². The number of nitrogens with one attached hydrogen (secondary N) is 1. The summed E-state index contributed by atoms with van der Waals surface area (Å²) in [4.78, 5) is 26.8. The number of carbonyl (C=O) groups is 2. The molecule has 1 aliphatic rings. The van der Waals surface area contributed by atoms with Crippen LogP contribution in [-0.2, 0) is 4.74 Å². The van der Waals surface area contributed by atoms with E-state index in [1.54, 1.807) is 6.92 Å². The lowest BCUT2D eigenvalue weighted by atomic mass is 10.1. The molecule has 2 rings (SSSR count). The van der Waals surface area contributed by atoms with Gasteiger partial charge in [0.15, 0.2) is 0 Å². The molecular weight excluding hydrogens is 260 g/mol. The fourth-order valence-electron chi connectivity index (χ4n) is 2.18. The van der Waals surface area contributed by atoms with Gasteiger partial charge in [0.05, 0.1) is 17.4 Å². The largest absolute Gasteiger partial charge is 0.478 e. The Morgan fingerprint density at radius 2 is 2.25 bits per heavy atom. The zero-order valence-electron chi connectivity index (χ0n) is 11.4. The maximum Gasteiger partial charge on any atom is 0.337 e. The molecule has 1 fully saturated rings. The smallest absolute Gasteiger partial charge is 0.337 e. The van der Waals surface area contributed by atoms with Crippen molar-refractivity contribution in [1.82, 2.24) is 10.3 Å². The number of nitrogens with zero attached hydrogens (tertiary/aromatic N) is 1. The average Bonchev–Trinajstić information content (AvgIpc) is 2.45. The molecule has 0 aromatic carbocycles. The molecule has 6 heteroatoms. The third-order valence-electron chi connectivity index (χ3n) is 3.31. The van der Waals surface area contributed by atoms with Crippen molar-refractivity contribution in [2.45, 2.75) is 32.3 Å². The topological polar surface area (TPSA) is 88.5 Å². The highest BCUT2D eigenvalue weighted by Crippen LogP contribution is 2.12. The normalized spacial score (nSPS) is 18.6. The van der Waals surface area contributed by atoms with Crippen LogP contribution in [0.25, 0.3) is 0 Å². The molecule has 1 aromatic rings. The summed E-state index contributed by atoms with van der Waals surface area (Å²) in [7, 11) is 0. The monoisotopic (exact) mass is 278 g/mol. The summed E-state index contributed by atoms with van der Waals surface area (Å²) >= 11 is 0. The molecule has 2 N–H and O–H groups in total. The first-order valence-electron chi connectivity index (χ1n) is 6.68. The van der Waals surface area contributed by atoms with Crippen molar-refractivity contribution in [2.24, 2.45) is 0 Å². The predicted molar refractivity (Wildman–Crippen MR) is 71.9 cm³/mol. The van der Waals surface area contributed by atoms with Crippen molar-refractivity contribution >= 4 is 11.9 Å². The summed E-state index contributed by atoms with van der Waals surface area (Å²) in [6, 6.07) is 2.82. The first-order chi connectivity index (χ1) is 9.58. The third-order valence-corrected chi connectivity index (χ3v) is 3.31. The van der Waals surface area contributed by atoms with Crippen molar-refractivity contribution in [2.75, 3.05) is 13.2 Å². The molecule has 0 bridgehead atoms. The second-order valence-corrected chi connectivity index (χ2v) is 4.83. The summed E-state index contributed by atoms with van der Waals surface area (Å²) in [6.45, 7) is 2.77. The summed E-state index contributed by atoms with van der Waals surface area (Å²) in [6.07, 6.45) is 3.20. The van der Waals surface area contributed by atoms with E-state index in [9.17, 15) is 9.59 Å². The Hall–Kier alpha value is -1.95. The van der Waals surface area contributed by atoms with E-state index in [1.807, 2.05) is 0 Å². The number of rotatable bonds is 4. The molecule has 20 heavy (non-hydrogen) atoms. The Balaban J connectivity index is 1.95. The Kier molecular flexibility index (Phi) is 4.68. The van der Waals surface area contributed by atoms with Gasteiger partial charge < -0.3 is 15.2 Å². The van der Waals surface area contributed by atoms with Crippen LogP contribution in [0.4, 0.5) is 0 Å². The zero-order valence-corrected chi connectivity index (χ0v) is 11.4. The van der Waals surface area contributed by atoms with Crippen LogP contribution < -0.4 is 5.32 Å². The molecule has 0 spiro atoms. The van der Waals surface area contributed by atoms with Gasteiger partial charge in [-0.2, -0.15) is 0 Å². The number of aromatic carboxylic acids is 1. The van der Waals surface area contributed by atoms with Crippen LogP contribution in [0, 0.1) is 6.92 Å². The van der Waals surface area contributed by atoms with Crippen LogP contribution in [0.3, 0.4) is 0 Å². The number of aromatic nitrogens is 1. The SMILES string of the molecule is Cc1nc(C(=O)NCC2CCCCO2)ccc1C(=O)O. The molecule has 6 nitrogen and oxygen atoms in total. The molecule has 0 saturated carbocycles. The van der Waals surface area contributed by atoms with E-state index >= 15 is 0 Å². The number of carboxylic acid groups (broad SMARTS) is 1. The minimum Gasteiger partial charge on any atom is -0.478 e. The highest BCUT2D eigenvalue weighted by atomic mass is 16.5. The molecule has 1 amide bonds. The van der Waals surface area contributed by atoms with E-state index in [0.717, 1.165) is 25.9 Å². The first kappa shape index (κ1) is 14.5. The minimum atomic E-state index is -1.04. The number of carboxylic acids is 1. The molecule has 1 aromatic heterocycles. The molecular formula is C14H18N2O4. The van der Waals surface area contributed by atoms with Crippen LogP contribution in [0.1, 0.15) is 45.8 Å². The summed E-state index contributed by atoms with van der Waals surface area (Å²) in [5.74, 6) is -1.35. The highest BCUT2D eigenvalue weighted by molar-refractivity contribution is 5.94. The van der Waals surface area contributed by atoms with Gasteiger partial charge >= 0.3 is 5.97 Å². The Labute approximate surface area is 117 Å². The van der Waals surface area contributed by atoms with E-state index < -0.39 is 5.97 Å². The van der Waals surface area contributed by atoms with Gasteiger partial charge in [0.2, 0.25) is 0 Å². The number of hydrogen-bond donors (Lipinski definition) is 2. The van der Waals surface area contributed by atoms with E-state index in [-0.39, 0.29) is 23.3 Å². The number of amides is 1. The van der Waals surface area contributed by atoms with Crippen LogP contribution in [0.5, 0.6) is 0 Å². The van der Waals surface area contributed by atoms with Gasteiger partial charge in [0, 0.05) is 13.2 Å². The van der Waals surface area contributed by atoms with Gasteiger partial charge in [-0.3, -0.25) is 4.79 Å². The summed E-state index contributed by atoms with van der Waals surface area (Å²) in [5.41, 5.74) is 0.666. The molecule has 108 valence electrons. The van der Waals surface area contributed by atoms with Crippen molar-refractivity contribution < 1.29 is 19.4 Å². The highest BCUT2D eigenvalue weighted by Gasteiger charge is 2.17. The lowest BCUT2D eigenvalue weighted by Crippen LogP contribution is -2.35.